The van der Waals surface area contributed by atoms with Crippen LogP contribution in [-0.2, 0) is 4.74 Å². The van der Waals surface area contributed by atoms with Crippen LogP contribution < -0.4 is 4.74 Å². The maximum atomic E-state index is 9.58. The topological polar surface area (TPSA) is 42.0 Å². The molecular formula is C14H19ClO3. The van der Waals surface area contributed by atoms with E-state index in [4.69, 9.17) is 21.1 Å². The highest BCUT2D eigenvalue weighted by molar-refractivity contribution is 6.30. The molecule has 2 rings (SSSR count). The van der Waals surface area contributed by atoms with Gasteiger partial charge in [-0.1, -0.05) is 18.0 Å². The van der Waals surface area contributed by atoms with E-state index in [-0.39, 0.29) is 12.2 Å². The van der Waals surface area contributed by atoms with Gasteiger partial charge in [-0.15, -0.1) is 0 Å². The summed E-state index contributed by atoms with van der Waals surface area (Å²) in [5.74, 6) is 0.853. The molecule has 1 aliphatic rings. The van der Waals surface area contributed by atoms with Crippen molar-refractivity contribution in [1.82, 2.24) is 0 Å². The molecule has 1 aromatic carbocycles. The summed E-state index contributed by atoms with van der Waals surface area (Å²) < 4.78 is 10.6. The Morgan fingerprint density at radius 3 is 2.67 bits per heavy atom. The smallest absolute Gasteiger partial charge is 0.119 e. The van der Waals surface area contributed by atoms with Crippen LogP contribution in [0.1, 0.15) is 25.7 Å². The molecule has 0 radical (unpaired) electrons. The van der Waals surface area contributed by atoms with Gasteiger partial charge in [-0.05, 0) is 43.5 Å². The minimum atomic E-state index is -0.276. The van der Waals surface area contributed by atoms with Crippen LogP contribution >= 0.6 is 11.6 Å². The molecule has 0 spiro atoms. The van der Waals surface area contributed by atoms with Crippen LogP contribution in [0.25, 0.3) is 0 Å². The molecule has 1 N–H and O–H groups in total. The molecule has 18 heavy (non-hydrogen) atoms. The maximum absolute atomic E-state index is 9.58. The van der Waals surface area contributed by atoms with Crippen molar-refractivity contribution < 1.29 is 14.6 Å². The molecule has 100 valence electrons. The number of aliphatic hydroxyl groups excluding tert-OH is 1. The predicted molar refractivity (Wildman–Crippen MR) is 71.2 cm³/mol. The van der Waals surface area contributed by atoms with Crippen molar-refractivity contribution in [2.45, 2.75) is 37.9 Å². The lowest BCUT2D eigenvalue weighted by atomic mass is 10.1. The second-order valence-electron chi connectivity index (χ2n) is 4.59. The van der Waals surface area contributed by atoms with E-state index in [0.29, 0.717) is 6.61 Å². The fourth-order valence-corrected chi connectivity index (χ4v) is 1.94. The number of unbranched alkanes of at least 4 members (excludes halogenated alkanes) is 2. The van der Waals surface area contributed by atoms with Crippen LogP contribution in [0.4, 0.5) is 0 Å². The standard InChI is InChI=1S/C14H19ClO3/c15-11-5-7-12(8-6-11)17-9-3-1-2-4-13(16)14-10-18-14/h5-8,13-14,16H,1-4,9-10H2. The third kappa shape index (κ3) is 4.84. The monoisotopic (exact) mass is 270 g/mol. The molecule has 2 atom stereocenters. The molecule has 2 unspecified atom stereocenters. The minimum Gasteiger partial charge on any atom is -0.494 e. The van der Waals surface area contributed by atoms with Gasteiger partial charge in [0.2, 0.25) is 0 Å². The Hall–Kier alpha value is -0.770. The first-order valence-corrected chi connectivity index (χ1v) is 6.81. The average Bonchev–Trinajstić information content (AvgIpc) is 3.19. The summed E-state index contributed by atoms with van der Waals surface area (Å²) in [6.45, 7) is 1.43. The molecule has 3 nitrogen and oxygen atoms in total. The number of halogens is 1. The number of hydrogen-bond donors (Lipinski definition) is 1. The van der Waals surface area contributed by atoms with E-state index < -0.39 is 0 Å². The summed E-state index contributed by atoms with van der Waals surface area (Å²) in [7, 11) is 0. The highest BCUT2D eigenvalue weighted by Crippen LogP contribution is 2.19. The van der Waals surface area contributed by atoms with Crippen LogP contribution in [0.5, 0.6) is 5.75 Å². The van der Waals surface area contributed by atoms with Crippen LogP contribution in [0.2, 0.25) is 5.02 Å². The molecule has 0 bridgehead atoms. The fraction of sp³-hybridized carbons (Fsp3) is 0.571. The van der Waals surface area contributed by atoms with Gasteiger partial charge < -0.3 is 14.6 Å². The molecule has 0 amide bonds. The lowest BCUT2D eigenvalue weighted by Gasteiger charge is -2.08. The SMILES string of the molecule is OC(CCCCCOc1ccc(Cl)cc1)C1CO1. The van der Waals surface area contributed by atoms with Gasteiger partial charge in [-0.3, -0.25) is 0 Å². The van der Waals surface area contributed by atoms with E-state index in [0.717, 1.165) is 43.1 Å². The number of rotatable bonds is 8. The molecule has 4 heteroatoms. The predicted octanol–water partition coefficient (Wildman–Crippen LogP) is 3.04. The highest BCUT2D eigenvalue weighted by Gasteiger charge is 2.30. The van der Waals surface area contributed by atoms with Crippen molar-refractivity contribution in [2.75, 3.05) is 13.2 Å². The van der Waals surface area contributed by atoms with Crippen molar-refractivity contribution in [3.8, 4) is 5.75 Å². The highest BCUT2D eigenvalue weighted by atomic mass is 35.5. The summed E-state index contributed by atoms with van der Waals surface area (Å²) in [6.07, 6.45) is 3.74. The number of ether oxygens (including phenoxy) is 2. The summed E-state index contributed by atoms with van der Waals surface area (Å²) in [4.78, 5) is 0. The number of benzene rings is 1. The van der Waals surface area contributed by atoms with Crippen LogP contribution in [0.3, 0.4) is 0 Å². The van der Waals surface area contributed by atoms with Crippen molar-refractivity contribution in [3.05, 3.63) is 29.3 Å². The Morgan fingerprint density at radius 1 is 1.28 bits per heavy atom. The zero-order valence-electron chi connectivity index (χ0n) is 10.3. The molecule has 1 heterocycles. The zero-order chi connectivity index (χ0) is 12.8. The van der Waals surface area contributed by atoms with Crippen molar-refractivity contribution in [3.63, 3.8) is 0 Å². The summed E-state index contributed by atoms with van der Waals surface area (Å²) >= 11 is 5.79. The van der Waals surface area contributed by atoms with Gasteiger partial charge in [-0.2, -0.15) is 0 Å². The summed E-state index contributed by atoms with van der Waals surface area (Å²) in [5.41, 5.74) is 0. The maximum Gasteiger partial charge on any atom is 0.119 e. The third-order valence-corrected chi connectivity index (χ3v) is 3.27. The van der Waals surface area contributed by atoms with Gasteiger partial charge in [0.15, 0.2) is 0 Å². The van der Waals surface area contributed by atoms with Crippen LogP contribution in [0, 0.1) is 0 Å². The Bertz CT molecular complexity index is 349. The quantitative estimate of drug-likeness (QED) is 0.583. The fourth-order valence-electron chi connectivity index (χ4n) is 1.82. The lowest BCUT2D eigenvalue weighted by Crippen LogP contribution is -2.14. The van der Waals surface area contributed by atoms with E-state index >= 15 is 0 Å². The molecule has 0 aromatic heterocycles. The normalized spacial score (nSPS) is 19.6. The molecule has 1 fully saturated rings. The van der Waals surface area contributed by atoms with Gasteiger partial charge in [0.25, 0.3) is 0 Å². The van der Waals surface area contributed by atoms with E-state index in [9.17, 15) is 5.11 Å². The Morgan fingerprint density at radius 2 is 2.00 bits per heavy atom. The van der Waals surface area contributed by atoms with Gasteiger partial charge in [-0.25, -0.2) is 0 Å². The lowest BCUT2D eigenvalue weighted by molar-refractivity contribution is 0.123. The first-order valence-electron chi connectivity index (χ1n) is 6.44. The molecule has 1 aromatic rings. The van der Waals surface area contributed by atoms with E-state index in [1.807, 2.05) is 24.3 Å². The van der Waals surface area contributed by atoms with Gasteiger partial charge in [0.05, 0.1) is 19.3 Å². The molecule has 1 aliphatic heterocycles. The second-order valence-corrected chi connectivity index (χ2v) is 5.03. The molecule has 0 aliphatic carbocycles. The summed E-state index contributed by atoms with van der Waals surface area (Å²) in [6, 6.07) is 7.39. The van der Waals surface area contributed by atoms with E-state index in [1.165, 1.54) is 0 Å². The third-order valence-electron chi connectivity index (χ3n) is 3.01. The Kier molecular flexibility index (Phi) is 5.29. The number of hydrogen-bond acceptors (Lipinski definition) is 3. The first kappa shape index (κ1) is 13.7. The molecular weight excluding hydrogens is 252 g/mol. The molecule has 1 saturated heterocycles. The van der Waals surface area contributed by atoms with Gasteiger partial charge in [0.1, 0.15) is 11.9 Å². The van der Waals surface area contributed by atoms with Gasteiger partial charge in [0, 0.05) is 5.02 Å². The first-order chi connectivity index (χ1) is 8.75. The largest absolute Gasteiger partial charge is 0.494 e. The second kappa shape index (κ2) is 6.98. The Labute approximate surface area is 113 Å². The van der Waals surface area contributed by atoms with E-state index in [1.54, 1.807) is 0 Å². The summed E-state index contributed by atoms with van der Waals surface area (Å²) in [5, 5.41) is 10.3. The zero-order valence-corrected chi connectivity index (χ0v) is 11.1. The minimum absolute atomic E-state index is 0.107. The van der Waals surface area contributed by atoms with Crippen molar-refractivity contribution in [2.24, 2.45) is 0 Å². The van der Waals surface area contributed by atoms with Crippen molar-refractivity contribution in [1.29, 1.82) is 0 Å². The molecule has 0 saturated carbocycles. The van der Waals surface area contributed by atoms with Crippen molar-refractivity contribution >= 4 is 11.6 Å². The average molecular weight is 271 g/mol. The number of aliphatic hydroxyl groups is 1. The number of epoxide rings is 1. The van der Waals surface area contributed by atoms with Crippen LogP contribution in [-0.4, -0.2) is 30.5 Å². The van der Waals surface area contributed by atoms with E-state index in [2.05, 4.69) is 0 Å². The van der Waals surface area contributed by atoms with Gasteiger partial charge >= 0.3 is 0 Å². The van der Waals surface area contributed by atoms with Crippen LogP contribution in [0.15, 0.2) is 24.3 Å². The Balaban J connectivity index is 1.49.